The zero-order chi connectivity index (χ0) is 16.9. The summed E-state index contributed by atoms with van der Waals surface area (Å²) < 4.78 is 5.97. The van der Waals surface area contributed by atoms with Crippen LogP contribution in [0.3, 0.4) is 0 Å². The van der Waals surface area contributed by atoms with E-state index in [1.807, 2.05) is 31.7 Å². The average molecular weight is 318 g/mol. The lowest BCUT2D eigenvalue weighted by Gasteiger charge is -2.36. The first-order valence-corrected chi connectivity index (χ1v) is 8.58. The van der Waals surface area contributed by atoms with Gasteiger partial charge in [0.05, 0.1) is 18.8 Å². The smallest absolute Gasteiger partial charge is 0.240 e. The minimum absolute atomic E-state index is 0.0697. The van der Waals surface area contributed by atoms with Gasteiger partial charge < -0.3 is 15.4 Å². The van der Waals surface area contributed by atoms with E-state index in [0.717, 1.165) is 39.0 Å². The van der Waals surface area contributed by atoms with Crippen molar-refractivity contribution in [3.05, 3.63) is 35.9 Å². The number of carbonyl (C=O) groups excluding carboxylic acids is 1. The Morgan fingerprint density at radius 1 is 1.26 bits per heavy atom. The van der Waals surface area contributed by atoms with E-state index < -0.39 is 6.04 Å². The van der Waals surface area contributed by atoms with Gasteiger partial charge in [-0.1, -0.05) is 51.1 Å². The number of amides is 1. The predicted octanol–water partition coefficient (Wildman–Crippen LogP) is 2.61. The van der Waals surface area contributed by atoms with E-state index in [1.54, 1.807) is 0 Å². The molecule has 1 saturated heterocycles. The number of nitrogens with zero attached hydrogens (tertiary/aromatic N) is 1. The third kappa shape index (κ3) is 5.33. The molecule has 1 aliphatic heterocycles. The summed E-state index contributed by atoms with van der Waals surface area (Å²) in [5.41, 5.74) is 7.19. The van der Waals surface area contributed by atoms with Crippen LogP contribution in [0.4, 0.5) is 0 Å². The average Bonchev–Trinajstić information content (AvgIpc) is 2.54. The molecule has 0 aliphatic carbocycles. The van der Waals surface area contributed by atoms with Crippen molar-refractivity contribution in [2.75, 3.05) is 19.7 Å². The summed E-state index contributed by atoms with van der Waals surface area (Å²) in [4.78, 5) is 14.3. The molecular weight excluding hydrogens is 288 g/mol. The van der Waals surface area contributed by atoms with E-state index in [4.69, 9.17) is 10.5 Å². The summed E-state index contributed by atoms with van der Waals surface area (Å²) in [6, 6.07) is 9.95. The minimum atomic E-state index is -0.432. The standard InChI is InChI=1S/C19H30N2O2/c1-19(2,3)17(20)18(22)21-12-9-16(10-13-21)23-14-11-15-7-5-4-6-8-15/h4-8,16-17H,9-14,20H2,1-3H3/t17-/m1/s1. The Bertz CT molecular complexity index is 488. The molecule has 0 bridgehead atoms. The topological polar surface area (TPSA) is 55.6 Å². The molecule has 2 rings (SSSR count). The maximum atomic E-state index is 12.4. The summed E-state index contributed by atoms with van der Waals surface area (Å²) in [6.07, 6.45) is 3.00. The molecule has 4 heteroatoms. The molecule has 1 amide bonds. The monoisotopic (exact) mass is 318 g/mol. The Hall–Kier alpha value is -1.39. The number of rotatable bonds is 5. The lowest BCUT2D eigenvalue weighted by Crippen LogP contribution is -2.53. The first kappa shape index (κ1) is 18.0. The summed E-state index contributed by atoms with van der Waals surface area (Å²) in [5, 5.41) is 0. The zero-order valence-corrected chi connectivity index (χ0v) is 14.6. The highest BCUT2D eigenvalue weighted by Gasteiger charge is 2.33. The van der Waals surface area contributed by atoms with Gasteiger partial charge in [0, 0.05) is 13.1 Å². The number of hydrogen-bond donors (Lipinski definition) is 1. The van der Waals surface area contributed by atoms with Crippen molar-refractivity contribution in [2.24, 2.45) is 11.1 Å². The van der Waals surface area contributed by atoms with Gasteiger partial charge >= 0.3 is 0 Å². The fourth-order valence-electron chi connectivity index (χ4n) is 2.80. The van der Waals surface area contributed by atoms with Gasteiger partial charge in [-0.15, -0.1) is 0 Å². The number of hydrogen-bond acceptors (Lipinski definition) is 3. The van der Waals surface area contributed by atoms with E-state index in [9.17, 15) is 4.79 Å². The molecule has 1 aliphatic rings. The highest BCUT2D eigenvalue weighted by molar-refractivity contribution is 5.82. The van der Waals surface area contributed by atoms with Gasteiger partial charge in [0.1, 0.15) is 0 Å². The third-order valence-electron chi connectivity index (χ3n) is 4.54. The van der Waals surface area contributed by atoms with E-state index >= 15 is 0 Å². The number of nitrogens with two attached hydrogens (primary N) is 1. The first-order valence-electron chi connectivity index (χ1n) is 8.58. The second-order valence-corrected chi connectivity index (χ2v) is 7.47. The molecule has 1 atom stereocenters. The van der Waals surface area contributed by atoms with Gasteiger partial charge in [0.25, 0.3) is 0 Å². The molecule has 23 heavy (non-hydrogen) atoms. The van der Waals surface area contributed by atoms with Crippen LogP contribution in [0.5, 0.6) is 0 Å². The maximum absolute atomic E-state index is 12.4. The molecule has 0 spiro atoms. The highest BCUT2D eigenvalue weighted by atomic mass is 16.5. The Labute approximate surface area is 140 Å². The van der Waals surface area contributed by atoms with E-state index in [1.165, 1.54) is 5.56 Å². The molecule has 128 valence electrons. The lowest BCUT2D eigenvalue weighted by molar-refractivity contribution is -0.137. The van der Waals surface area contributed by atoms with Crippen molar-refractivity contribution in [1.29, 1.82) is 0 Å². The summed E-state index contributed by atoms with van der Waals surface area (Å²) >= 11 is 0. The van der Waals surface area contributed by atoms with Crippen LogP contribution in [-0.2, 0) is 16.0 Å². The quantitative estimate of drug-likeness (QED) is 0.908. The minimum Gasteiger partial charge on any atom is -0.378 e. The van der Waals surface area contributed by atoms with Crippen LogP contribution in [-0.4, -0.2) is 42.6 Å². The zero-order valence-electron chi connectivity index (χ0n) is 14.6. The van der Waals surface area contributed by atoms with Crippen molar-refractivity contribution in [2.45, 2.75) is 52.2 Å². The van der Waals surface area contributed by atoms with Crippen LogP contribution in [0.15, 0.2) is 30.3 Å². The number of ether oxygens (including phenoxy) is 1. The highest BCUT2D eigenvalue weighted by Crippen LogP contribution is 2.21. The van der Waals surface area contributed by atoms with Crippen molar-refractivity contribution in [3.8, 4) is 0 Å². The molecule has 4 nitrogen and oxygen atoms in total. The fourth-order valence-corrected chi connectivity index (χ4v) is 2.80. The summed E-state index contributed by atoms with van der Waals surface area (Å²) in [7, 11) is 0. The van der Waals surface area contributed by atoms with Crippen LogP contribution in [0, 0.1) is 5.41 Å². The van der Waals surface area contributed by atoms with E-state index in [0.29, 0.717) is 0 Å². The Balaban J connectivity index is 1.70. The molecule has 1 aromatic rings. The van der Waals surface area contributed by atoms with Crippen LogP contribution in [0.1, 0.15) is 39.2 Å². The molecule has 0 saturated carbocycles. The Morgan fingerprint density at radius 2 is 1.87 bits per heavy atom. The molecule has 2 N–H and O–H groups in total. The normalized spacial score (nSPS) is 18.0. The van der Waals surface area contributed by atoms with Gasteiger partial charge in [-0.25, -0.2) is 0 Å². The number of carbonyl (C=O) groups is 1. The molecule has 0 radical (unpaired) electrons. The van der Waals surface area contributed by atoms with Crippen LogP contribution < -0.4 is 5.73 Å². The lowest BCUT2D eigenvalue weighted by atomic mass is 9.86. The first-order chi connectivity index (χ1) is 10.9. The molecule has 0 unspecified atom stereocenters. The van der Waals surface area contributed by atoms with Crippen molar-refractivity contribution >= 4 is 5.91 Å². The summed E-state index contributed by atoms with van der Waals surface area (Å²) in [5.74, 6) is 0.0697. The Kier molecular flexibility index (Phi) is 6.19. The fraction of sp³-hybridized carbons (Fsp3) is 0.632. The summed E-state index contributed by atoms with van der Waals surface area (Å²) in [6.45, 7) is 8.26. The molecular formula is C19H30N2O2. The third-order valence-corrected chi connectivity index (χ3v) is 4.54. The number of piperidine rings is 1. The van der Waals surface area contributed by atoms with Crippen molar-refractivity contribution < 1.29 is 9.53 Å². The van der Waals surface area contributed by atoms with Gasteiger partial charge in [-0.3, -0.25) is 4.79 Å². The van der Waals surface area contributed by atoms with Crippen LogP contribution >= 0.6 is 0 Å². The Morgan fingerprint density at radius 3 is 2.43 bits per heavy atom. The van der Waals surface area contributed by atoms with Gasteiger partial charge in [-0.05, 0) is 30.2 Å². The maximum Gasteiger partial charge on any atom is 0.240 e. The molecule has 1 aromatic carbocycles. The second kappa shape index (κ2) is 7.93. The van der Waals surface area contributed by atoms with Gasteiger partial charge in [-0.2, -0.15) is 0 Å². The van der Waals surface area contributed by atoms with Crippen molar-refractivity contribution in [3.63, 3.8) is 0 Å². The van der Waals surface area contributed by atoms with Gasteiger partial charge in [0.15, 0.2) is 0 Å². The van der Waals surface area contributed by atoms with Gasteiger partial charge in [0.2, 0.25) is 5.91 Å². The number of benzene rings is 1. The van der Waals surface area contributed by atoms with Crippen molar-refractivity contribution in [1.82, 2.24) is 4.90 Å². The second-order valence-electron chi connectivity index (χ2n) is 7.47. The molecule has 1 fully saturated rings. The predicted molar refractivity (Wildman–Crippen MR) is 93.1 cm³/mol. The SMILES string of the molecule is CC(C)(C)[C@H](N)C(=O)N1CCC(OCCc2ccccc2)CC1. The molecule has 1 heterocycles. The van der Waals surface area contributed by atoms with E-state index in [2.05, 4.69) is 24.3 Å². The molecule has 0 aromatic heterocycles. The van der Waals surface area contributed by atoms with Crippen LogP contribution in [0.2, 0.25) is 0 Å². The largest absolute Gasteiger partial charge is 0.378 e. The van der Waals surface area contributed by atoms with Crippen LogP contribution in [0.25, 0.3) is 0 Å². The van der Waals surface area contributed by atoms with E-state index in [-0.39, 0.29) is 17.4 Å². The number of likely N-dealkylation sites (tertiary alicyclic amines) is 1.